The number of hydrogen-bond acceptors (Lipinski definition) is 4. The van der Waals surface area contributed by atoms with Gasteiger partial charge in [-0.2, -0.15) is 18.4 Å². The zero-order valence-corrected chi connectivity index (χ0v) is 7.15. The van der Waals surface area contributed by atoms with Gasteiger partial charge in [-0.05, 0) is 17.3 Å². The van der Waals surface area contributed by atoms with E-state index in [4.69, 9.17) is 0 Å². The second-order valence-electron chi connectivity index (χ2n) is 2.67. The van der Waals surface area contributed by atoms with Crippen LogP contribution < -0.4 is 0 Å². The zero-order valence-electron chi connectivity index (χ0n) is 7.15. The van der Waals surface area contributed by atoms with Crippen molar-refractivity contribution in [3.8, 4) is 11.4 Å². The van der Waals surface area contributed by atoms with Crippen molar-refractivity contribution < 1.29 is 13.2 Å². The molecule has 0 aromatic carbocycles. The van der Waals surface area contributed by atoms with Crippen LogP contribution in [0.3, 0.4) is 0 Å². The Morgan fingerprint density at radius 2 is 2.00 bits per heavy atom. The standard InChI is InChI=1S/C7H4F3N5/c8-7(9,10)5-2-1-4(3-11-5)6-12-14-15-13-6/h1-3H,(H,12,13,14,15). The van der Waals surface area contributed by atoms with E-state index >= 15 is 0 Å². The fourth-order valence-electron chi connectivity index (χ4n) is 0.978. The number of hydrogen-bond donors (Lipinski definition) is 1. The van der Waals surface area contributed by atoms with Crippen LogP contribution in [0.25, 0.3) is 11.4 Å². The van der Waals surface area contributed by atoms with E-state index in [9.17, 15) is 13.2 Å². The molecule has 0 spiro atoms. The van der Waals surface area contributed by atoms with E-state index in [1.165, 1.54) is 6.07 Å². The van der Waals surface area contributed by atoms with Crippen LogP contribution in [0.1, 0.15) is 5.69 Å². The number of aromatic nitrogens is 5. The summed E-state index contributed by atoms with van der Waals surface area (Å²) in [5, 5.41) is 12.7. The zero-order chi connectivity index (χ0) is 10.9. The van der Waals surface area contributed by atoms with Gasteiger partial charge in [0.2, 0.25) is 5.82 Å². The lowest BCUT2D eigenvalue weighted by molar-refractivity contribution is -0.141. The fourth-order valence-corrected chi connectivity index (χ4v) is 0.978. The number of tetrazole rings is 1. The molecule has 0 fully saturated rings. The van der Waals surface area contributed by atoms with Gasteiger partial charge in [-0.3, -0.25) is 4.98 Å². The van der Waals surface area contributed by atoms with Gasteiger partial charge < -0.3 is 0 Å². The molecule has 0 aliphatic carbocycles. The van der Waals surface area contributed by atoms with Crippen molar-refractivity contribution in [1.82, 2.24) is 25.6 Å². The molecule has 78 valence electrons. The largest absolute Gasteiger partial charge is 0.433 e. The third kappa shape index (κ3) is 1.92. The van der Waals surface area contributed by atoms with Gasteiger partial charge >= 0.3 is 6.18 Å². The first kappa shape index (κ1) is 9.56. The van der Waals surface area contributed by atoms with Crippen LogP contribution in [0.4, 0.5) is 13.2 Å². The van der Waals surface area contributed by atoms with Crippen LogP contribution in [0.15, 0.2) is 18.3 Å². The monoisotopic (exact) mass is 215 g/mol. The van der Waals surface area contributed by atoms with Gasteiger partial charge in [0.15, 0.2) is 0 Å². The van der Waals surface area contributed by atoms with Crippen molar-refractivity contribution in [3.05, 3.63) is 24.0 Å². The summed E-state index contributed by atoms with van der Waals surface area (Å²) in [5.41, 5.74) is -0.577. The third-order valence-corrected chi connectivity index (χ3v) is 1.66. The van der Waals surface area contributed by atoms with Crippen molar-refractivity contribution >= 4 is 0 Å². The Morgan fingerprint density at radius 3 is 2.47 bits per heavy atom. The molecule has 0 radical (unpaired) electrons. The second kappa shape index (κ2) is 3.30. The lowest BCUT2D eigenvalue weighted by atomic mass is 10.2. The van der Waals surface area contributed by atoms with E-state index < -0.39 is 11.9 Å². The molecule has 0 aliphatic rings. The SMILES string of the molecule is FC(F)(F)c1ccc(-c2nn[nH]n2)cn1. The first-order chi connectivity index (χ1) is 7.07. The molecule has 0 atom stereocenters. The molecule has 2 aromatic heterocycles. The Morgan fingerprint density at radius 1 is 1.20 bits per heavy atom. The van der Waals surface area contributed by atoms with Crippen molar-refractivity contribution in [2.75, 3.05) is 0 Å². The van der Waals surface area contributed by atoms with E-state index in [2.05, 4.69) is 25.6 Å². The van der Waals surface area contributed by atoms with Gasteiger partial charge in [0.25, 0.3) is 0 Å². The summed E-state index contributed by atoms with van der Waals surface area (Å²) in [6, 6.07) is 2.10. The minimum absolute atomic E-state index is 0.205. The lowest BCUT2D eigenvalue weighted by Gasteiger charge is -2.04. The number of pyridine rings is 1. The molecule has 1 N–H and O–H groups in total. The smallest absolute Gasteiger partial charge is 0.251 e. The average Bonchev–Trinajstić information content (AvgIpc) is 2.69. The van der Waals surface area contributed by atoms with Gasteiger partial charge in [-0.25, -0.2) is 0 Å². The van der Waals surface area contributed by atoms with Gasteiger partial charge in [-0.15, -0.1) is 10.2 Å². The second-order valence-corrected chi connectivity index (χ2v) is 2.67. The number of rotatable bonds is 1. The topological polar surface area (TPSA) is 67.3 Å². The Bertz CT molecular complexity index is 433. The van der Waals surface area contributed by atoms with Gasteiger partial charge in [0.1, 0.15) is 5.69 Å². The number of alkyl halides is 3. The first-order valence-electron chi connectivity index (χ1n) is 3.84. The normalized spacial score (nSPS) is 11.7. The molecule has 0 amide bonds. The van der Waals surface area contributed by atoms with E-state index in [1.54, 1.807) is 0 Å². The molecule has 2 rings (SSSR count). The number of halogens is 3. The van der Waals surface area contributed by atoms with E-state index in [0.29, 0.717) is 5.56 Å². The molecular weight excluding hydrogens is 211 g/mol. The minimum atomic E-state index is -4.43. The molecule has 0 saturated carbocycles. The molecule has 2 heterocycles. The molecule has 8 heteroatoms. The third-order valence-electron chi connectivity index (χ3n) is 1.66. The molecular formula is C7H4F3N5. The summed E-state index contributed by atoms with van der Waals surface area (Å²) in [5.74, 6) is 0.205. The Hall–Kier alpha value is -1.99. The predicted octanol–water partition coefficient (Wildman–Crippen LogP) is 1.28. The summed E-state index contributed by atoms with van der Waals surface area (Å²) in [6.07, 6.45) is -3.39. The van der Waals surface area contributed by atoms with Crippen molar-refractivity contribution in [3.63, 3.8) is 0 Å². The Kier molecular flexibility index (Phi) is 2.10. The van der Waals surface area contributed by atoms with Crippen LogP contribution >= 0.6 is 0 Å². The maximum atomic E-state index is 12.1. The summed E-state index contributed by atoms with van der Waals surface area (Å²) < 4.78 is 36.4. The van der Waals surface area contributed by atoms with Gasteiger partial charge in [0.05, 0.1) is 0 Å². The maximum absolute atomic E-state index is 12.1. The maximum Gasteiger partial charge on any atom is 0.433 e. The molecule has 0 bridgehead atoms. The first-order valence-corrected chi connectivity index (χ1v) is 3.84. The number of nitrogens with one attached hydrogen (secondary N) is 1. The van der Waals surface area contributed by atoms with Gasteiger partial charge in [0, 0.05) is 11.8 Å². The highest BCUT2D eigenvalue weighted by molar-refractivity contribution is 5.51. The van der Waals surface area contributed by atoms with Crippen LogP contribution in [-0.4, -0.2) is 25.6 Å². The van der Waals surface area contributed by atoms with Crippen molar-refractivity contribution in [2.24, 2.45) is 0 Å². The summed E-state index contributed by atoms with van der Waals surface area (Å²) in [7, 11) is 0. The van der Waals surface area contributed by atoms with E-state index in [0.717, 1.165) is 12.3 Å². The molecule has 15 heavy (non-hydrogen) atoms. The summed E-state index contributed by atoms with van der Waals surface area (Å²) in [4.78, 5) is 3.26. The highest BCUT2D eigenvalue weighted by Gasteiger charge is 2.32. The molecule has 0 aliphatic heterocycles. The Labute approximate surface area is 81.3 Å². The van der Waals surface area contributed by atoms with Crippen LogP contribution in [-0.2, 0) is 6.18 Å². The number of aromatic amines is 1. The van der Waals surface area contributed by atoms with Crippen LogP contribution in [0, 0.1) is 0 Å². The number of H-pyrrole nitrogens is 1. The highest BCUT2D eigenvalue weighted by Crippen LogP contribution is 2.28. The quantitative estimate of drug-likeness (QED) is 0.778. The molecule has 5 nitrogen and oxygen atoms in total. The van der Waals surface area contributed by atoms with E-state index in [1.807, 2.05) is 0 Å². The van der Waals surface area contributed by atoms with Gasteiger partial charge in [-0.1, -0.05) is 0 Å². The Balaban J connectivity index is 2.33. The van der Waals surface area contributed by atoms with Crippen molar-refractivity contribution in [1.29, 1.82) is 0 Å². The minimum Gasteiger partial charge on any atom is -0.251 e. The lowest BCUT2D eigenvalue weighted by Crippen LogP contribution is -2.07. The molecule has 2 aromatic rings. The average molecular weight is 215 g/mol. The number of nitrogens with zero attached hydrogens (tertiary/aromatic N) is 4. The summed E-state index contributed by atoms with van der Waals surface area (Å²) in [6.45, 7) is 0. The highest BCUT2D eigenvalue weighted by atomic mass is 19.4. The summed E-state index contributed by atoms with van der Waals surface area (Å²) >= 11 is 0. The van der Waals surface area contributed by atoms with Crippen molar-refractivity contribution in [2.45, 2.75) is 6.18 Å². The van der Waals surface area contributed by atoms with E-state index in [-0.39, 0.29) is 5.82 Å². The molecule has 0 unspecified atom stereocenters. The predicted molar refractivity (Wildman–Crippen MR) is 42.4 cm³/mol. The fraction of sp³-hybridized carbons (Fsp3) is 0.143. The van der Waals surface area contributed by atoms with Crippen LogP contribution in [0.5, 0.6) is 0 Å². The van der Waals surface area contributed by atoms with Crippen LogP contribution in [0.2, 0.25) is 0 Å². The molecule has 0 saturated heterocycles.